The lowest BCUT2D eigenvalue weighted by Crippen LogP contribution is -2.34. The lowest BCUT2D eigenvalue weighted by molar-refractivity contribution is -0.137. The fourth-order valence-corrected chi connectivity index (χ4v) is 4.07. The molecule has 2 heterocycles. The second-order valence-corrected chi connectivity index (χ2v) is 8.27. The third kappa shape index (κ3) is 5.44. The summed E-state index contributed by atoms with van der Waals surface area (Å²) in [5.41, 5.74) is 2.62. The van der Waals surface area contributed by atoms with Crippen molar-refractivity contribution in [3.8, 4) is 0 Å². The summed E-state index contributed by atoms with van der Waals surface area (Å²) >= 11 is 0. The highest BCUT2D eigenvalue weighted by Gasteiger charge is 2.30. The zero-order chi connectivity index (χ0) is 24.3. The van der Waals surface area contributed by atoms with E-state index < -0.39 is 11.7 Å². The number of hydrogen-bond donors (Lipinski definition) is 2. The van der Waals surface area contributed by atoms with Gasteiger partial charge >= 0.3 is 6.18 Å². The molecule has 2 aromatic carbocycles. The fraction of sp³-hybridized carbons (Fsp3) is 0.333. The number of hydrogen-bond acceptors (Lipinski definition) is 6. The third-order valence-electron chi connectivity index (χ3n) is 5.94. The highest BCUT2D eigenvalue weighted by atomic mass is 19.4. The topological polar surface area (TPSA) is 83.0 Å². The van der Waals surface area contributed by atoms with Crippen LogP contribution in [0.3, 0.4) is 0 Å². The van der Waals surface area contributed by atoms with Crippen LogP contribution in [0.2, 0.25) is 0 Å². The van der Waals surface area contributed by atoms with Crippen LogP contribution in [0.25, 0.3) is 0 Å². The Balaban J connectivity index is 1.41. The number of halogens is 3. The Morgan fingerprint density at radius 3 is 2.35 bits per heavy atom. The minimum atomic E-state index is -4.32. The quantitative estimate of drug-likeness (QED) is 0.528. The van der Waals surface area contributed by atoms with Crippen LogP contribution in [0.5, 0.6) is 0 Å². The van der Waals surface area contributed by atoms with Crippen molar-refractivity contribution in [3.63, 3.8) is 0 Å². The smallest absolute Gasteiger partial charge is 0.341 e. The molecule has 1 aliphatic heterocycles. The molecule has 178 valence electrons. The zero-order valence-corrected chi connectivity index (χ0v) is 18.9. The van der Waals surface area contributed by atoms with Crippen molar-refractivity contribution in [2.24, 2.45) is 0 Å². The predicted octanol–water partition coefficient (Wildman–Crippen LogP) is 5.28. The highest BCUT2D eigenvalue weighted by molar-refractivity contribution is 5.90. The van der Waals surface area contributed by atoms with Crippen molar-refractivity contribution in [2.75, 3.05) is 28.6 Å². The Kier molecular flexibility index (Phi) is 6.67. The Morgan fingerprint density at radius 2 is 1.71 bits per heavy atom. The maximum Gasteiger partial charge on any atom is 0.416 e. The van der Waals surface area contributed by atoms with Gasteiger partial charge in [0.15, 0.2) is 0 Å². The van der Waals surface area contributed by atoms with Gasteiger partial charge in [-0.25, -0.2) is 9.97 Å². The maximum absolute atomic E-state index is 12.8. The van der Waals surface area contributed by atoms with E-state index in [4.69, 9.17) is 0 Å². The third-order valence-corrected chi connectivity index (χ3v) is 5.94. The van der Waals surface area contributed by atoms with Gasteiger partial charge in [0, 0.05) is 31.4 Å². The molecule has 1 amide bonds. The molecule has 1 aromatic heterocycles. The second kappa shape index (κ2) is 9.66. The number of carbonyl (C=O) groups excluding carboxylic acids is 1. The molecule has 0 aliphatic carbocycles. The molecule has 0 radical (unpaired) electrons. The van der Waals surface area contributed by atoms with Crippen molar-refractivity contribution in [3.05, 3.63) is 65.5 Å². The normalized spacial score (nSPS) is 14.7. The average molecular weight is 470 g/mol. The van der Waals surface area contributed by atoms with Gasteiger partial charge in [0.2, 0.25) is 17.8 Å². The molecule has 7 nitrogen and oxygen atoms in total. The van der Waals surface area contributed by atoms with E-state index in [-0.39, 0.29) is 11.8 Å². The molecule has 3 aromatic rings. The van der Waals surface area contributed by atoms with E-state index in [1.54, 1.807) is 12.1 Å². The number of anilines is 4. The Hall–Kier alpha value is -3.69. The van der Waals surface area contributed by atoms with Crippen molar-refractivity contribution < 1.29 is 18.0 Å². The van der Waals surface area contributed by atoms with E-state index in [0.717, 1.165) is 41.8 Å². The first-order valence-electron chi connectivity index (χ1n) is 11.0. The monoisotopic (exact) mass is 470 g/mol. The first-order valence-corrected chi connectivity index (χ1v) is 11.0. The van der Waals surface area contributed by atoms with Crippen molar-refractivity contribution in [2.45, 2.75) is 38.8 Å². The summed E-state index contributed by atoms with van der Waals surface area (Å²) in [7, 11) is 0. The van der Waals surface area contributed by atoms with Gasteiger partial charge in [0.25, 0.3) is 0 Å². The van der Waals surface area contributed by atoms with Crippen molar-refractivity contribution in [1.29, 1.82) is 0 Å². The molecule has 1 saturated heterocycles. The average Bonchev–Trinajstić information content (AvgIpc) is 2.81. The minimum absolute atomic E-state index is 0.151. The van der Waals surface area contributed by atoms with Crippen LogP contribution in [0, 0.1) is 6.92 Å². The Bertz CT molecular complexity index is 1160. The van der Waals surface area contributed by atoms with E-state index in [1.807, 2.05) is 30.0 Å². The molecule has 1 aliphatic rings. The molecule has 4 rings (SSSR count). The summed E-state index contributed by atoms with van der Waals surface area (Å²) < 4.78 is 38.4. The summed E-state index contributed by atoms with van der Waals surface area (Å²) in [6.45, 7) is 4.72. The van der Waals surface area contributed by atoms with Gasteiger partial charge in [-0.15, -0.1) is 0 Å². The molecule has 0 unspecified atom stereocenters. The number of aromatic nitrogens is 3. The Labute approximate surface area is 195 Å². The van der Waals surface area contributed by atoms with Gasteiger partial charge in [-0.3, -0.25) is 4.79 Å². The molecule has 2 N–H and O–H groups in total. The number of nitrogens with one attached hydrogen (secondary N) is 2. The number of carbonyl (C=O) groups is 1. The number of rotatable bonds is 5. The second-order valence-electron chi connectivity index (χ2n) is 8.27. The van der Waals surface area contributed by atoms with E-state index >= 15 is 0 Å². The minimum Gasteiger partial charge on any atom is -0.341 e. The summed E-state index contributed by atoms with van der Waals surface area (Å²) in [4.78, 5) is 26.5. The molecular formula is C24H25F3N6O. The molecule has 1 fully saturated rings. The van der Waals surface area contributed by atoms with Gasteiger partial charge in [-0.2, -0.15) is 18.2 Å². The van der Waals surface area contributed by atoms with Crippen molar-refractivity contribution in [1.82, 2.24) is 15.0 Å². The summed E-state index contributed by atoms with van der Waals surface area (Å²) in [5, 5.41) is 5.98. The molecule has 0 bridgehead atoms. The molecule has 0 saturated carbocycles. The molecule has 10 heteroatoms. The van der Waals surface area contributed by atoms with Crippen LogP contribution < -0.4 is 15.5 Å². The number of piperidine rings is 1. The largest absolute Gasteiger partial charge is 0.416 e. The van der Waals surface area contributed by atoms with E-state index in [9.17, 15) is 18.0 Å². The number of benzene rings is 2. The van der Waals surface area contributed by atoms with Gasteiger partial charge in [-0.1, -0.05) is 18.2 Å². The molecular weight excluding hydrogens is 445 g/mol. The van der Waals surface area contributed by atoms with Crippen LogP contribution in [-0.4, -0.2) is 33.9 Å². The van der Waals surface area contributed by atoms with Gasteiger partial charge in [0.05, 0.1) is 5.56 Å². The summed E-state index contributed by atoms with van der Waals surface area (Å²) in [6.07, 6.45) is -1.30. The van der Waals surface area contributed by atoms with Crippen LogP contribution in [-0.2, 0) is 11.0 Å². The first-order chi connectivity index (χ1) is 16.2. The molecule has 0 atom stereocenters. The number of nitrogens with zero attached hydrogens (tertiary/aromatic N) is 4. The molecule has 34 heavy (non-hydrogen) atoms. The first kappa shape index (κ1) is 23.5. The number of amides is 1. The van der Waals surface area contributed by atoms with E-state index in [1.165, 1.54) is 13.3 Å². The van der Waals surface area contributed by atoms with Crippen molar-refractivity contribution >= 4 is 29.2 Å². The van der Waals surface area contributed by atoms with E-state index in [2.05, 4.69) is 25.6 Å². The summed E-state index contributed by atoms with van der Waals surface area (Å²) in [5.74, 6) is 0.969. The van der Waals surface area contributed by atoms with Crippen LogP contribution in [0.1, 0.15) is 42.4 Å². The number of alkyl halides is 3. The van der Waals surface area contributed by atoms with Crippen LogP contribution in [0.4, 0.5) is 36.4 Å². The predicted molar refractivity (Wildman–Crippen MR) is 124 cm³/mol. The SMILES string of the molecule is CC(=O)Nc1cccc(Nc2ncnc(N3CCC(c4ccc(C(F)(F)F)cc4)CC3)n2)c1C. The highest BCUT2D eigenvalue weighted by Crippen LogP contribution is 2.33. The van der Waals surface area contributed by atoms with Crippen LogP contribution in [0.15, 0.2) is 48.8 Å². The fourth-order valence-electron chi connectivity index (χ4n) is 4.07. The maximum atomic E-state index is 12.8. The standard InChI is InChI=1S/C24H25F3N6O/c1-15-20(30-16(2)34)4-3-5-21(15)31-22-28-14-29-23(32-22)33-12-10-18(11-13-33)17-6-8-19(9-7-17)24(25,26)27/h3-9,14,18H,10-13H2,1-2H3,(H,30,34)(H,28,29,31,32). The molecule has 0 spiro atoms. The van der Waals surface area contributed by atoms with Crippen LogP contribution >= 0.6 is 0 Å². The lowest BCUT2D eigenvalue weighted by Gasteiger charge is -2.32. The van der Waals surface area contributed by atoms with E-state index in [0.29, 0.717) is 30.7 Å². The Morgan fingerprint density at radius 1 is 1.03 bits per heavy atom. The zero-order valence-electron chi connectivity index (χ0n) is 18.9. The van der Waals surface area contributed by atoms with Gasteiger partial charge < -0.3 is 15.5 Å². The van der Waals surface area contributed by atoms with Gasteiger partial charge in [-0.05, 0) is 61.1 Å². The van der Waals surface area contributed by atoms with Gasteiger partial charge in [0.1, 0.15) is 6.33 Å². The lowest BCUT2D eigenvalue weighted by atomic mass is 9.89. The summed E-state index contributed by atoms with van der Waals surface area (Å²) in [6, 6.07) is 11.0.